The van der Waals surface area contributed by atoms with E-state index in [9.17, 15) is 19.1 Å². The molecule has 1 aromatic carbocycles. The van der Waals surface area contributed by atoms with Crippen molar-refractivity contribution in [3.8, 4) is 0 Å². The van der Waals surface area contributed by atoms with Gasteiger partial charge in [0.25, 0.3) is 5.91 Å². The van der Waals surface area contributed by atoms with Crippen molar-refractivity contribution in [2.75, 3.05) is 39.4 Å². The number of furan rings is 1. The van der Waals surface area contributed by atoms with E-state index in [2.05, 4.69) is 4.90 Å². The number of amides is 1. The monoisotopic (exact) mass is 426 g/mol. The normalized spacial score (nSPS) is 20.2. The van der Waals surface area contributed by atoms with Crippen LogP contribution in [0.2, 0.25) is 0 Å². The molecule has 0 radical (unpaired) electrons. The minimum Gasteiger partial charge on any atom is -0.503 e. The lowest BCUT2D eigenvalue weighted by Gasteiger charge is -2.31. The summed E-state index contributed by atoms with van der Waals surface area (Å²) in [6.07, 6.45) is 4.18. The summed E-state index contributed by atoms with van der Waals surface area (Å²) >= 11 is 0. The zero-order valence-corrected chi connectivity index (χ0v) is 16.9. The van der Waals surface area contributed by atoms with Gasteiger partial charge in [0, 0.05) is 26.2 Å². The van der Waals surface area contributed by atoms with Gasteiger partial charge in [0.1, 0.15) is 11.6 Å². The Bertz CT molecular complexity index is 1010. The summed E-state index contributed by atoms with van der Waals surface area (Å²) < 4.78 is 24.5. The third-order valence-electron chi connectivity index (χ3n) is 5.44. The summed E-state index contributed by atoms with van der Waals surface area (Å²) in [6, 6.07) is 8.22. The molecular weight excluding hydrogens is 403 g/mol. The number of carbonyl (C=O) groups excluding carboxylic acids is 2. The number of hydrogen-bond acceptors (Lipinski definition) is 6. The third kappa shape index (κ3) is 4.60. The number of ketones is 1. The number of carbonyl (C=O) groups is 2. The van der Waals surface area contributed by atoms with E-state index in [4.69, 9.17) is 9.15 Å². The van der Waals surface area contributed by atoms with Crippen LogP contribution in [0.15, 0.2) is 64.5 Å². The Kier molecular flexibility index (Phi) is 6.29. The van der Waals surface area contributed by atoms with Crippen molar-refractivity contribution in [1.82, 2.24) is 9.80 Å². The van der Waals surface area contributed by atoms with Crippen molar-refractivity contribution < 1.29 is 28.2 Å². The van der Waals surface area contributed by atoms with Gasteiger partial charge in [-0.15, -0.1) is 0 Å². The molecule has 2 aliphatic rings. The number of rotatable bonds is 7. The smallest absolute Gasteiger partial charge is 0.290 e. The van der Waals surface area contributed by atoms with Crippen molar-refractivity contribution in [1.29, 1.82) is 0 Å². The minimum absolute atomic E-state index is 0.0691. The van der Waals surface area contributed by atoms with E-state index in [1.54, 1.807) is 18.2 Å². The summed E-state index contributed by atoms with van der Waals surface area (Å²) in [7, 11) is 0. The Labute approximate surface area is 179 Å². The summed E-state index contributed by atoms with van der Waals surface area (Å²) in [4.78, 5) is 29.4. The second-order valence-electron chi connectivity index (χ2n) is 7.39. The molecule has 31 heavy (non-hydrogen) atoms. The number of allylic oxidation sites excluding steroid dienone is 1. The highest BCUT2D eigenvalue weighted by Gasteiger charge is 2.43. The Hall–Kier alpha value is -3.23. The molecule has 2 aliphatic heterocycles. The Morgan fingerprint density at radius 1 is 1.19 bits per heavy atom. The van der Waals surface area contributed by atoms with E-state index >= 15 is 0 Å². The average Bonchev–Trinajstić information content (AvgIpc) is 3.38. The predicted molar refractivity (Wildman–Crippen MR) is 111 cm³/mol. The maximum Gasteiger partial charge on any atom is 0.290 e. The molecule has 1 unspecified atom stereocenters. The van der Waals surface area contributed by atoms with Gasteiger partial charge in [0.05, 0.1) is 31.1 Å². The summed E-state index contributed by atoms with van der Waals surface area (Å²) in [5.41, 5.74) is 0.356. The topological polar surface area (TPSA) is 83.2 Å². The van der Waals surface area contributed by atoms with Gasteiger partial charge in [-0.2, -0.15) is 0 Å². The first-order chi connectivity index (χ1) is 15.0. The fourth-order valence-electron chi connectivity index (χ4n) is 3.87. The van der Waals surface area contributed by atoms with Crippen molar-refractivity contribution in [2.24, 2.45) is 0 Å². The highest BCUT2D eigenvalue weighted by molar-refractivity contribution is 6.14. The van der Waals surface area contributed by atoms with Gasteiger partial charge in [-0.05, 0) is 42.0 Å². The number of hydrogen-bond donors (Lipinski definition) is 1. The number of aliphatic hydroxyl groups is 1. The molecule has 3 heterocycles. The molecule has 1 aromatic heterocycles. The van der Waals surface area contributed by atoms with Gasteiger partial charge in [0.2, 0.25) is 0 Å². The highest BCUT2D eigenvalue weighted by Crippen LogP contribution is 2.38. The first kappa shape index (κ1) is 21.0. The largest absolute Gasteiger partial charge is 0.503 e. The number of ether oxygens (including phenoxy) is 1. The van der Waals surface area contributed by atoms with Crippen LogP contribution in [0, 0.1) is 5.82 Å². The predicted octanol–water partition coefficient (Wildman–Crippen LogP) is 2.73. The minimum atomic E-state index is -0.877. The summed E-state index contributed by atoms with van der Waals surface area (Å²) in [5, 5.41) is 10.6. The van der Waals surface area contributed by atoms with Crippen LogP contribution in [-0.2, 0) is 14.3 Å². The molecule has 7 nitrogen and oxygen atoms in total. The van der Waals surface area contributed by atoms with E-state index in [0.717, 1.165) is 13.1 Å². The standard InChI is InChI=1S/C23H23FN2O5/c24-17-4-1-3-16(15-17)21-20(19(27)7-6-18-5-2-12-31-18)22(28)23(29)26(21)9-8-25-10-13-30-14-11-25/h1-7,12,15,21,28H,8-11,13-14H2. The van der Waals surface area contributed by atoms with E-state index in [1.807, 2.05) is 0 Å². The van der Waals surface area contributed by atoms with Gasteiger partial charge < -0.3 is 19.2 Å². The molecule has 1 amide bonds. The van der Waals surface area contributed by atoms with Crippen LogP contribution in [0.4, 0.5) is 4.39 Å². The molecule has 1 fully saturated rings. The molecule has 1 saturated heterocycles. The van der Waals surface area contributed by atoms with Crippen LogP contribution in [0.25, 0.3) is 6.08 Å². The molecular formula is C23H23FN2O5. The van der Waals surface area contributed by atoms with E-state index in [-0.39, 0.29) is 12.1 Å². The van der Waals surface area contributed by atoms with Crippen LogP contribution >= 0.6 is 0 Å². The molecule has 162 valence electrons. The first-order valence-electron chi connectivity index (χ1n) is 10.1. The van der Waals surface area contributed by atoms with E-state index in [1.165, 1.54) is 41.5 Å². The third-order valence-corrected chi connectivity index (χ3v) is 5.44. The van der Waals surface area contributed by atoms with E-state index < -0.39 is 29.3 Å². The number of nitrogens with zero attached hydrogens (tertiary/aromatic N) is 2. The molecule has 0 bridgehead atoms. The quantitative estimate of drug-likeness (QED) is 0.686. The number of aliphatic hydroxyl groups excluding tert-OH is 1. The second-order valence-corrected chi connectivity index (χ2v) is 7.39. The average molecular weight is 426 g/mol. The molecule has 1 atom stereocenters. The zero-order valence-electron chi connectivity index (χ0n) is 16.9. The second kappa shape index (κ2) is 9.28. The zero-order chi connectivity index (χ0) is 21.8. The lowest BCUT2D eigenvalue weighted by molar-refractivity contribution is -0.129. The van der Waals surface area contributed by atoms with Gasteiger partial charge >= 0.3 is 0 Å². The fraction of sp³-hybridized carbons (Fsp3) is 0.304. The van der Waals surface area contributed by atoms with Crippen LogP contribution in [0.5, 0.6) is 0 Å². The first-order valence-corrected chi connectivity index (χ1v) is 10.1. The van der Waals surface area contributed by atoms with Crippen LogP contribution in [0.3, 0.4) is 0 Å². The lowest BCUT2D eigenvalue weighted by Crippen LogP contribution is -2.43. The van der Waals surface area contributed by atoms with Gasteiger partial charge in [-0.3, -0.25) is 14.5 Å². The maximum absolute atomic E-state index is 14.0. The van der Waals surface area contributed by atoms with Crippen LogP contribution in [-0.4, -0.2) is 66.0 Å². The lowest BCUT2D eigenvalue weighted by atomic mass is 9.95. The molecule has 0 saturated carbocycles. The van der Waals surface area contributed by atoms with Crippen LogP contribution in [0.1, 0.15) is 17.4 Å². The van der Waals surface area contributed by atoms with E-state index in [0.29, 0.717) is 31.1 Å². The molecule has 1 N–H and O–H groups in total. The van der Waals surface area contributed by atoms with Gasteiger partial charge in [-0.25, -0.2) is 4.39 Å². The Morgan fingerprint density at radius 3 is 2.71 bits per heavy atom. The molecule has 4 rings (SSSR count). The molecule has 0 aliphatic carbocycles. The van der Waals surface area contributed by atoms with Crippen molar-refractivity contribution in [3.05, 3.63) is 77.2 Å². The molecule has 0 spiro atoms. The van der Waals surface area contributed by atoms with Gasteiger partial charge in [-0.1, -0.05) is 12.1 Å². The van der Waals surface area contributed by atoms with Crippen molar-refractivity contribution in [2.45, 2.75) is 6.04 Å². The maximum atomic E-state index is 14.0. The Morgan fingerprint density at radius 2 is 2.00 bits per heavy atom. The summed E-state index contributed by atoms with van der Waals surface area (Å²) in [5.74, 6) is -1.81. The summed E-state index contributed by atoms with van der Waals surface area (Å²) in [6.45, 7) is 3.55. The number of halogens is 1. The SMILES string of the molecule is O=C(C=Cc1ccco1)C1=C(O)C(=O)N(CCN2CCOCC2)C1c1cccc(F)c1. The highest BCUT2D eigenvalue weighted by atomic mass is 19.1. The van der Waals surface area contributed by atoms with Crippen molar-refractivity contribution in [3.63, 3.8) is 0 Å². The number of morpholine rings is 1. The number of benzene rings is 1. The van der Waals surface area contributed by atoms with Crippen LogP contribution < -0.4 is 0 Å². The van der Waals surface area contributed by atoms with Gasteiger partial charge in [0.15, 0.2) is 11.5 Å². The Balaban J connectivity index is 1.62. The molecule has 2 aromatic rings. The molecule has 8 heteroatoms. The fourth-order valence-corrected chi connectivity index (χ4v) is 3.87. The van der Waals surface area contributed by atoms with Crippen molar-refractivity contribution >= 4 is 17.8 Å².